The summed E-state index contributed by atoms with van der Waals surface area (Å²) in [5.41, 5.74) is -1.93. The molecule has 6 nitrogen and oxygen atoms in total. The van der Waals surface area contributed by atoms with Gasteiger partial charge < -0.3 is 13.8 Å². The summed E-state index contributed by atoms with van der Waals surface area (Å²) in [6.45, 7) is 8.99. The average Bonchev–Trinajstić information content (AvgIpc) is 2.52. The molecule has 0 fully saturated rings. The van der Waals surface area contributed by atoms with Gasteiger partial charge in [-0.2, -0.15) is 0 Å². The van der Waals surface area contributed by atoms with E-state index < -0.39 is 24.5 Å². The van der Waals surface area contributed by atoms with Crippen molar-refractivity contribution >= 4 is 41.7 Å². The van der Waals surface area contributed by atoms with Crippen molar-refractivity contribution in [3.8, 4) is 0 Å². The Morgan fingerprint density at radius 2 is 1.74 bits per heavy atom. The lowest BCUT2D eigenvalue weighted by molar-refractivity contribution is -0.154. The van der Waals surface area contributed by atoms with Crippen LogP contribution in [0.2, 0.25) is 0 Å². The van der Waals surface area contributed by atoms with Crippen LogP contribution in [0.25, 0.3) is 0 Å². The van der Waals surface area contributed by atoms with Crippen molar-refractivity contribution in [3.63, 3.8) is 0 Å². The lowest BCUT2D eigenvalue weighted by Crippen LogP contribution is -2.34. The van der Waals surface area contributed by atoms with Crippen molar-refractivity contribution in [2.75, 3.05) is 24.2 Å². The van der Waals surface area contributed by atoms with E-state index in [0.29, 0.717) is 12.8 Å². The molecule has 0 amide bonds. The molecule has 0 saturated carbocycles. The van der Waals surface area contributed by atoms with Gasteiger partial charge in [-0.05, 0) is 38.0 Å². The first-order valence-electron chi connectivity index (χ1n) is 7.65. The van der Waals surface area contributed by atoms with E-state index in [2.05, 4.69) is 29.2 Å². The van der Waals surface area contributed by atoms with Crippen LogP contribution in [0.1, 0.15) is 40.0 Å². The minimum absolute atomic E-state index is 0.0806. The molecule has 0 bridgehead atoms. The fourth-order valence-corrected chi connectivity index (χ4v) is 3.96. The summed E-state index contributed by atoms with van der Waals surface area (Å²) in [6, 6.07) is 0. The molecule has 1 atom stereocenters. The number of carbonyl (C=O) groups excluding carboxylic acids is 2. The maximum atomic E-state index is 12.6. The third kappa shape index (κ3) is 6.64. The number of ether oxygens (including phenoxy) is 1. The Labute approximate surface area is 152 Å². The Morgan fingerprint density at radius 3 is 2.13 bits per heavy atom. The normalized spacial score (nSPS) is 14.1. The van der Waals surface area contributed by atoms with Crippen LogP contribution in [0.15, 0.2) is 12.7 Å². The van der Waals surface area contributed by atoms with Crippen LogP contribution in [0, 0.1) is 5.41 Å². The first-order valence-corrected chi connectivity index (χ1v) is 10.7. The van der Waals surface area contributed by atoms with Gasteiger partial charge in [0.05, 0.1) is 25.2 Å². The van der Waals surface area contributed by atoms with Gasteiger partial charge in [0.25, 0.3) is 0 Å². The Morgan fingerprint density at radius 1 is 1.17 bits per heavy atom. The summed E-state index contributed by atoms with van der Waals surface area (Å²) in [5, 5.41) is 0. The second-order valence-electron chi connectivity index (χ2n) is 4.78. The maximum absolute atomic E-state index is 12.6. The monoisotopic (exact) mass is 460 g/mol. The first kappa shape index (κ1) is 22.8. The number of halogens is 1. The number of rotatable bonds is 13. The molecule has 8 heteroatoms. The molecule has 0 spiro atoms. The molecule has 0 aromatic heterocycles. The first-order chi connectivity index (χ1) is 10.9. The topological polar surface area (TPSA) is 78.9 Å². The molecule has 0 N–H and O–H groups in total. The van der Waals surface area contributed by atoms with Crippen molar-refractivity contribution < 1.29 is 27.9 Å². The predicted octanol–water partition coefficient (Wildman–Crippen LogP) is 4.12. The van der Waals surface area contributed by atoms with E-state index in [4.69, 9.17) is 13.8 Å². The van der Waals surface area contributed by atoms with E-state index in [1.165, 1.54) is 6.08 Å². The number of hydrogen-bond acceptors (Lipinski definition) is 6. The minimum atomic E-state index is -3.91. The van der Waals surface area contributed by atoms with Gasteiger partial charge in [0.1, 0.15) is 0 Å². The van der Waals surface area contributed by atoms with Gasteiger partial charge in [0.2, 0.25) is 5.52 Å². The number of carbonyl (C=O) groups is 2. The molecule has 0 aliphatic carbocycles. The molecule has 0 heterocycles. The van der Waals surface area contributed by atoms with Crippen LogP contribution in [0.4, 0.5) is 0 Å². The fourth-order valence-electron chi connectivity index (χ4n) is 2.07. The molecular formula is C15H26IO6P. The molecule has 0 rings (SSSR count). The van der Waals surface area contributed by atoms with E-state index in [-0.39, 0.29) is 26.2 Å². The molecular weight excluding hydrogens is 434 g/mol. The lowest BCUT2D eigenvalue weighted by atomic mass is 9.80. The predicted molar refractivity (Wildman–Crippen MR) is 97.9 cm³/mol. The molecule has 0 aromatic carbocycles. The Hall–Kier alpha value is -0.240. The average molecular weight is 460 g/mol. The quantitative estimate of drug-likeness (QED) is 0.135. The zero-order valence-electron chi connectivity index (χ0n) is 14.0. The van der Waals surface area contributed by atoms with Gasteiger partial charge in [0, 0.05) is 6.42 Å². The summed E-state index contributed by atoms with van der Waals surface area (Å²) in [4.78, 5) is 24.9. The maximum Gasteiger partial charge on any atom is 0.396 e. The van der Waals surface area contributed by atoms with Crippen LogP contribution in [0.5, 0.6) is 0 Å². The van der Waals surface area contributed by atoms with Crippen molar-refractivity contribution in [2.45, 2.75) is 40.0 Å². The molecule has 1 unspecified atom stereocenters. The summed E-state index contributed by atoms with van der Waals surface area (Å²) in [6.07, 6.45) is 2.20. The zero-order chi connectivity index (χ0) is 17.9. The van der Waals surface area contributed by atoms with Crippen molar-refractivity contribution in [3.05, 3.63) is 12.7 Å². The van der Waals surface area contributed by atoms with Crippen molar-refractivity contribution in [1.29, 1.82) is 0 Å². The number of esters is 1. The summed E-state index contributed by atoms with van der Waals surface area (Å²) in [7, 11) is -3.91. The highest BCUT2D eigenvalue weighted by atomic mass is 127. The second kappa shape index (κ2) is 11.3. The zero-order valence-corrected chi connectivity index (χ0v) is 17.1. The van der Waals surface area contributed by atoms with Crippen LogP contribution in [0.3, 0.4) is 0 Å². The molecule has 0 saturated heterocycles. The molecule has 0 aliphatic rings. The molecule has 23 heavy (non-hydrogen) atoms. The van der Waals surface area contributed by atoms with Crippen LogP contribution in [-0.4, -0.2) is 35.7 Å². The number of alkyl halides is 1. The molecule has 134 valence electrons. The largest absolute Gasteiger partial charge is 0.465 e. The van der Waals surface area contributed by atoms with Crippen LogP contribution >= 0.6 is 30.2 Å². The molecule has 0 aliphatic heterocycles. The van der Waals surface area contributed by atoms with Gasteiger partial charge in [-0.25, -0.2) is 0 Å². The Kier molecular flexibility index (Phi) is 11.2. The minimum Gasteiger partial charge on any atom is -0.465 e. The van der Waals surface area contributed by atoms with Gasteiger partial charge in [-0.1, -0.05) is 28.7 Å². The van der Waals surface area contributed by atoms with Crippen molar-refractivity contribution in [2.24, 2.45) is 5.41 Å². The third-order valence-electron chi connectivity index (χ3n) is 3.20. The van der Waals surface area contributed by atoms with E-state index >= 15 is 0 Å². The summed E-state index contributed by atoms with van der Waals surface area (Å²) >= 11 is 2.19. The van der Waals surface area contributed by atoms with Gasteiger partial charge >= 0.3 is 13.6 Å². The van der Waals surface area contributed by atoms with E-state index in [1.807, 2.05) is 0 Å². The third-order valence-corrected chi connectivity index (χ3v) is 5.93. The van der Waals surface area contributed by atoms with Gasteiger partial charge in [-0.15, -0.1) is 6.58 Å². The van der Waals surface area contributed by atoms with E-state index in [0.717, 1.165) is 4.43 Å². The Balaban J connectivity index is 5.48. The summed E-state index contributed by atoms with van der Waals surface area (Å²) < 4.78 is 28.6. The van der Waals surface area contributed by atoms with Gasteiger partial charge in [-0.3, -0.25) is 14.2 Å². The van der Waals surface area contributed by atoms with Crippen molar-refractivity contribution in [1.82, 2.24) is 0 Å². The Bertz CT molecular complexity index is 443. The summed E-state index contributed by atoms with van der Waals surface area (Å²) in [5.74, 6) is -0.534. The standard InChI is InChI=1S/C15H26IO6P/c1-5-15(10-9-11-16,14(18)20-6-2)12-13(17)23(19,21-7-3)22-8-4/h5H,1,6-12H2,2-4H3. The highest BCUT2D eigenvalue weighted by Gasteiger charge is 2.45. The molecule has 0 aromatic rings. The highest BCUT2D eigenvalue weighted by molar-refractivity contribution is 14.1. The van der Waals surface area contributed by atoms with E-state index in [9.17, 15) is 14.2 Å². The van der Waals surface area contributed by atoms with Crippen LogP contribution in [-0.2, 0) is 27.9 Å². The highest BCUT2D eigenvalue weighted by Crippen LogP contribution is 2.52. The number of hydrogen-bond donors (Lipinski definition) is 0. The second-order valence-corrected chi connectivity index (χ2v) is 7.87. The van der Waals surface area contributed by atoms with E-state index in [1.54, 1.807) is 20.8 Å². The van der Waals surface area contributed by atoms with Crippen LogP contribution < -0.4 is 0 Å². The fraction of sp³-hybridized carbons (Fsp3) is 0.733. The lowest BCUT2D eigenvalue weighted by Gasteiger charge is -2.28. The van der Waals surface area contributed by atoms with Gasteiger partial charge in [0.15, 0.2) is 0 Å². The SMILES string of the molecule is C=CC(CCCI)(CC(=O)P(=O)(OCC)OCC)C(=O)OCC. The molecule has 0 radical (unpaired) electrons. The smallest absolute Gasteiger partial charge is 0.396 e.